The molecule has 102 valence electrons. The summed E-state index contributed by atoms with van der Waals surface area (Å²) in [5.74, 6) is -0.653. The molecule has 5 heteroatoms. The molecule has 0 bridgehead atoms. The molecule has 1 amide bonds. The van der Waals surface area contributed by atoms with E-state index in [4.69, 9.17) is 11.6 Å². The van der Waals surface area contributed by atoms with Gasteiger partial charge in [-0.15, -0.1) is 0 Å². The van der Waals surface area contributed by atoms with Gasteiger partial charge in [0.1, 0.15) is 5.82 Å². The lowest BCUT2D eigenvalue weighted by atomic mass is 9.91. The maximum absolute atomic E-state index is 13.0. The average molecular weight is 284 g/mol. The molecule has 1 aromatic carbocycles. The number of rotatable bonds is 3. The molecule has 1 N–H and O–H groups in total. The first-order valence-corrected chi connectivity index (χ1v) is 6.46. The zero-order valence-corrected chi connectivity index (χ0v) is 11.3. The quantitative estimate of drug-likeness (QED) is 0.866. The Kier molecular flexibility index (Phi) is 3.92. The standard InChI is InChI=1S/C14H15ClFNO2/c1-2-14(19)8-17(9-14)13(18)6-4-10-3-5-12(16)11(15)7-10/h3-7,19H,2,8-9H2,1H3. The van der Waals surface area contributed by atoms with Gasteiger partial charge in [0.2, 0.25) is 5.91 Å². The average Bonchev–Trinajstić information content (AvgIpc) is 2.36. The van der Waals surface area contributed by atoms with Gasteiger partial charge in [-0.25, -0.2) is 4.39 Å². The van der Waals surface area contributed by atoms with E-state index in [1.54, 1.807) is 17.0 Å². The summed E-state index contributed by atoms with van der Waals surface area (Å²) in [4.78, 5) is 13.3. The Labute approximate surface area is 116 Å². The number of carbonyl (C=O) groups is 1. The van der Waals surface area contributed by atoms with E-state index >= 15 is 0 Å². The van der Waals surface area contributed by atoms with Crippen LogP contribution >= 0.6 is 11.6 Å². The topological polar surface area (TPSA) is 40.5 Å². The SMILES string of the molecule is CCC1(O)CN(C(=O)C=Cc2ccc(F)c(Cl)c2)C1. The van der Waals surface area contributed by atoms with Crippen LogP contribution in [0.5, 0.6) is 0 Å². The Morgan fingerprint density at radius 1 is 1.58 bits per heavy atom. The highest BCUT2D eigenvalue weighted by Gasteiger charge is 2.41. The van der Waals surface area contributed by atoms with Gasteiger partial charge >= 0.3 is 0 Å². The lowest BCUT2D eigenvalue weighted by Gasteiger charge is -2.45. The molecule has 0 spiro atoms. The molecule has 0 aromatic heterocycles. The van der Waals surface area contributed by atoms with Crippen LogP contribution in [-0.4, -0.2) is 34.6 Å². The first-order valence-electron chi connectivity index (χ1n) is 6.08. The Morgan fingerprint density at radius 2 is 2.26 bits per heavy atom. The Hall–Kier alpha value is -1.39. The number of benzene rings is 1. The molecule has 1 aromatic rings. The normalized spacial score (nSPS) is 17.6. The van der Waals surface area contributed by atoms with Gasteiger partial charge in [-0.1, -0.05) is 24.6 Å². The minimum atomic E-state index is -0.733. The van der Waals surface area contributed by atoms with Crippen molar-refractivity contribution in [3.8, 4) is 0 Å². The van der Waals surface area contributed by atoms with Gasteiger partial charge in [-0.2, -0.15) is 0 Å². The summed E-state index contributed by atoms with van der Waals surface area (Å²) in [5.41, 5.74) is -0.0751. The van der Waals surface area contributed by atoms with Crippen LogP contribution in [0.25, 0.3) is 6.08 Å². The first kappa shape index (κ1) is 14.0. The second-order valence-corrected chi connectivity index (χ2v) is 5.19. The third-order valence-corrected chi connectivity index (χ3v) is 3.59. The summed E-state index contributed by atoms with van der Waals surface area (Å²) in [6.07, 6.45) is 3.61. The second kappa shape index (κ2) is 5.31. The van der Waals surface area contributed by atoms with Gasteiger partial charge in [0.25, 0.3) is 0 Å². The van der Waals surface area contributed by atoms with Crippen LogP contribution in [0, 0.1) is 5.82 Å². The highest BCUT2D eigenvalue weighted by atomic mass is 35.5. The number of halogens is 2. The van der Waals surface area contributed by atoms with Crippen molar-refractivity contribution < 1.29 is 14.3 Å². The third-order valence-electron chi connectivity index (χ3n) is 3.30. The molecule has 0 saturated carbocycles. The molecule has 19 heavy (non-hydrogen) atoms. The van der Waals surface area contributed by atoms with E-state index in [-0.39, 0.29) is 10.9 Å². The predicted octanol–water partition coefficient (Wildman–Crippen LogP) is 2.48. The van der Waals surface area contributed by atoms with Crippen molar-refractivity contribution in [2.75, 3.05) is 13.1 Å². The number of β-amino-alcohol motifs (C(OH)–C–C–N with tert-alkyl or cyclic N) is 1. The van der Waals surface area contributed by atoms with Gasteiger partial charge in [0, 0.05) is 6.08 Å². The first-order chi connectivity index (χ1) is 8.93. The predicted molar refractivity (Wildman–Crippen MR) is 72.3 cm³/mol. The number of likely N-dealkylation sites (tertiary alicyclic amines) is 1. The van der Waals surface area contributed by atoms with Gasteiger partial charge in [-0.05, 0) is 30.2 Å². The molecule has 1 fully saturated rings. The van der Waals surface area contributed by atoms with Crippen molar-refractivity contribution >= 4 is 23.6 Å². The van der Waals surface area contributed by atoms with E-state index in [1.807, 2.05) is 6.92 Å². The molecule has 1 aliphatic rings. The van der Waals surface area contributed by atoms with Crippen LogP contribution in [0.3, 0.4) is 0 Å². The molecule has 0 unspecified atom stereocenters. The monoisotopic (exact) mass is 283 g/mol. The smallest absolute Gasteiger partial charge is 0.246 e. The number of nitrogens with zero attached hydrogens (tertiary/aromatic N) is 1. The highest BCUT2D eigenvalue weighted by molar-refractivity contribution is 6.30. The van der Waals surface area contributed by atoms with Gasteiger partial charge in [0.05, 0.1) is 23.7 Å². The van der Waals surface area contributed by atoms with Crippen LogP contribution in [0.4, 0.5) is 4.39 Å². The Morgan fingerprint density at radius 3 is 2.84 bits per heavy atom. The highest BCUT2D eigenvalue weighted by Crippen LogP contribution is 2.24. The number of carbonyl (C=O) groups excluding carboxylic acids is 1. The number of hydrogen-bond donors (Lipinski definition) is 1. The van der Waals surface area contributed by atoms with Crippen molar-refractivity contribution in [3.05, 3.63) is 40.7 Å². The zero-order chi connectivity index (χ0) is 14.0. The van der Waals surface area contributed by atoms with E-state index < -0.39 is 11.4 Å². The summed E-state index contributed by atoms with van der Waals surface area (Å²) in [6.45, 7) is 2.60. The fraction of sp³-hybridized carbons (Fsp3) is 0.357. The van der Waals surface area contributed by atoms with Crippen molar-refractivity contribution in [2.24, 2.45) is 0 Å². The number of hydrogen-bond acceptors (Lipinski definition) is 2. The van der Waals surface area contributed by atoms with E-state index in [0.29, 0.717) is 25.1 Å². The van der Waals surface area contributed by atoms with E-state index in [2.05, 4.69) is 0 Å². The van der Waals surface area contributed by atoms with Gasteiger partial charge < -0.3 is 10.0 Å². The molecular weight excluding hydrogens is 269 g/mol. The molecule has 1 aliphatic heterocycles. The van der Waals surface area contributed by atoms with E-state index in [0.717, 1.165) is 0 Å². The van der Waals surface area contributed by atoms with Crippen molar-refractivity contribution in [3.63, 3.8) is 0 Å². The minimum Gasteiger partial charge on any atom is -0.386 e. The second-order valence-electron chi connectivity index (χ2n) is 4.78. The summed E-state index contributed by atoms with van der Waals surface area (Å²) in [5, 5.41) is 9.84. The van der Waals surface area contributed by atoms with Gasteiger partial charge in [-0.3, -0.25) is 4.79 Å². The fourth-order valence-electron chi connectivity index (χ4n) is 1.93. The van der Waals surface area contributed by atoms with Gasteiger partial charge in [0.15, 0.2) is 0 Å². The van der Waals surface area contributed by atoms with Crippen LogP contribution in [-0.2, 0) is 4.79 Å². The molecule has 2 rings (SSSR count). The summed E-state index contributed by atoms with van der Waals surface area (Å²) < 4.78 is 13.0. The molecule has 1 saturated heterocycles. The van der Waals surface area contributed by atoms with Crippen molar-refractivity contribution in [2.45, 2.75) is 18.9 Å². The van der Waals surface area contributed by atoms with Crippen molar-refractivity contribution in [1.29, 1.82) is 0 Å². The van der Waals surface area contributed by atoms with Crippen molar-refractivity contribution in [1.82, 2.24) is 4.90 Å². The molecule has 1 heterocycles. The number of aliphatic hydroxyl groups is 1. The molecule has 0 radical (unpaired) electrons. The molecular formula is C14H15ClFNO2. The summed E-state index contributed by atoms with van der Waals surface area (Å²) in [7, 11) is 0. The number of amides is 1. The maximum atomic E-state index is 13.0. The van der Waals surface area contributed by atoms with Crippen LogP contribution < -0.4 is 0 Å². The Bertz CT molecular complexity index is 524. The molecule has 3 nitrogen and oxygen atoms in total. The minimum absolute atomic E-state index is 0.0268. The summed E-state index contributed by atoms with van der Waals surface area (Å²) in [6, 6.07) is 4.26. The van der Waals surface area contributed by atoms with Crippen LogP contribution in [0.2, 0.25) is 5.02 Å². The zero-order valence-electron chi connectivity index (χ0n) is 10.6. The lowest BCUT2D eigenvalue weighted by Crippen LogP contribution is -2.62. The third kappa shape index (κ3) is 3.14. The maximum Gasteiger partial charge on any atom is 0.246 e. The fourth-order valence-corrected chi connectivity index (χ4v) is 2.12. The molecule has 0 aliphatic carbocycles. The van der Waals surface area contributed by atoms with Crippen LogP contribution in [0.1, 0.15) is 18.9 Å². The van der Waals surface area contributed by atoms with E-state index in [9.17, 15) is 14.3 Å². The molecule has 0 atom stereocenters. The Balaban J connectivity index is 1.96. The van der Waals surface area contributed by atoms with E-state index in [1.165, 1.54) is 18.2 Å². The lowest BCUT2D eigenvalue weighted by molar-refractivity contribution is -0.150. The van der Waals surface area contributed by atoms with Crippen LogP contribution in [0.15, 0.2) is 24.3 Å². The summed E-state index contributed by atoms with van der Waals surface area (Å²) >= 11 is 5.65. The largest absolute Gasteiger partial charge is 0.386 e.